The number of aryl methyl sites for hydroxylation is 2. The van der Waals surface area contributed by atoms with Crippen LogP contribution in [0.15, 0.2) is 66.7 Å². The lowest BCUT2D eigenvalue weighted by Crippen LogP contribution is -2.14. The van der Waals surface area contributed by atoms with Crippen molar-refractivity contribution in [3.63, 3.8) is 0 Å². The minimum atomic E-state index is -0.450. The van der Waals surface area contributed by atoms with Gasteiger partial charge in [0.1, 0.15) is 0 Å². The fourth-order valence-corrected chi connectivity index (χ4v) is 3.37. The van der Waals surface area contributed by atoms with Crippen LogP contribution in [-0.2, 0) is 0 Å². The molecule has 30 heavy (non-hydrogen) atoms. The molecule has 1 amide bonds. The molecule has 0 fully saturated rings. The van der Waals surface area contributed by atoms with Crippen LogP contribution < -0.4 is 5.32 Å². The lowest BCUT2D eigenvalue weighted by molar-refractivity contribution is 0.101. The van der Waals surface area contributed by atoms with E-state index in [1.54, 1.807) is 35.0 Å². The van der Waals surface area contributed by atoms with Gasteiger partial charge < -0.3 is 5.32 Å². The molecule has 1 heterocycles. The molecule has 1 aromatic heterocycles. The number of para-hydroxylation sites is 1. The third-order valence-electron chi connectivity index (χ3n) is 4.61. The zero-order chi connectivity index (χ0) is 21.3. The van der Waals surface area contributed by atoms with Gasteiger partial charge in [-0.2, -0.15) is 0 Å². The average molecular weight is 437 g/mol. The minimum absolute atomic E-state index is 0.0307. The van der Waals surface area contributed by atoms with Crippen LogP contribution in [0.4, 0.5) is 5.69 Å². The number of anilines is 1. The summed E-state index contributed by atoms with van der Waals surface area (Å²) in [7, 11) is 0. The van der Waals surface area contributed by atoms with Crippen molar-refractivity contribution in [2.45, 2.75) is 13.8 Å². The van der Waals surface area contributed by atoms with Gasteiger partial charge >= 0.3 is 0 Å². The van der Waals surface area contributed by atoms with E-state index in [9.17, 15) is 4.79 Å². The summed E-state index contributed by atoms with van der Waals surface area (Å²) in [5.41, 5.74) is 4.08. The zero-order valence-electron chi connectivity index (χ0n) is 16.4. The quantitative estimate of drug-likeness (QED) is 0.419. The fraction of sp³-hybridized carbons (Fsp3) is 0.0870. The van der Waals surface area contributed by atoms with Crippen molar-refractivity contribution < 1.29 is 4.79 Å². The summed E-state index contributed by atoms with van der Waals surface area (Å²) in [4.78, 5) is 17.4. The summed E-state index contributed by atoms with van der Waals surface area (Å²) in [6, 6.07) is 20.5. The molecule has 0 saturated carbocycles. The van der Waals surface area contributed by atoms with Crippen LogP contribution in [-0.4, -0.2) is 20.7 Å². The van der Waals surface area contributed by atoms with Crippen LogP contribution in [0.25, 0.3) is 17.1 Å². The minimum Gasteiger partial charge on any atom is -0.318 e. The van der Waals surface area contributed by atoms with Crippen LogP contribution in [0, 0.1) is 13.8 Å². The van der Waals surface area contributed by atoms with E-state index in [4.69, 9.17) is 23.2 Å². The molecule has 0 spiro atoms. The van der Waals surface area contributed by atoms with Crippen LogP contribution in [0.3, 0.4) is 0 Å². The Morgan fingerprint density at radius 3 is 2.47 bits per heavy atom. The maximum Gasteiger partial charge on any atom is 0.295 e. The summed E-state index contributed by atoms with van der Waals surface area (Å²) in [5, 5.41) is 8.29. The van der Waals surface area contributed by atoms with Gasteiger partial charge in [-0.3, -0.25) is 4.79 Å². The molecule has 0 unspecified atom stereocenters. The van der Waals surface area contributed by atoms with Crippen molar-refractivity contribution in [2.75, 3.05) is 5.32 Å². The third-order valence-corrected chi connectivity index (χ3v) is 5.35. The van der Waals surface area contributed by atoms with E-state index in [1.807, 2.05) is 50.2 Å². The maximum absolute atomic E-state index is 12.8. The predicted octanol–water partition coefficient (Wildman–Crippen LogP) is 6.11. The molecule has 150 valence electrons. The van der Waals surface area contributed by atoms with Gasteiger partial charge in [-0.25, -0.2) is 9.67 Å². The lowest BCUT2D eigenvalue weighted by atomic mass is 10.1. The van der Waals surface area contributed by atoms with Gasteiger partial charge in [-0.05, 0) is 49.7 Å². The van der Waals surface area contributed by atoms with Crippen molar-refractivity contribution in [2.24, 2.45) is 0 Å². The molecule has 4 aromatic rings. The second-order valence-corrected chi connectivity index (χ2v) is 7.72. The smallest absolute Gasteiger partial charge is 0.295 e. The number of halogens is 2. The topological polar surface area (TPSA) is 59.8 Å². The molecule has 7 heteroatoms. The molecular formula is C23H18Cl2N4O. The van der Waals surface area contributed by atoms with E-state index in [-0.39, 0.29) is 5.82 Å². The number of hydrogen-bond donors (Lipinski definition) is 1. The highest BCUT2D eigenvalue weighted by atomic mass is 35.5. The first-order valence-electron chi connectivity index (χ1n) is 9.29. The van der Waals surface area contributed by atoms with Crippen molar-refractivity contribution in [1.29, 1.82) is 0 Å². The number of aromatic nitrogens is 3. The van der Waals surface area contributed by atoms with Crippen molar-refractivity contribution in [3.8, 4) is 17.1 Å². The molecule has 0 aliphatic carbocycles. The zero-order valence-corrected chi connectivity index (χ0v) is 17.9. The number of nitrogens with one attached hydrogen (secondary N) is 1. The largest absolute Gasteiger partial charge is 0.318 e. The summed E-state index contributed by atoms with van der Waals surface area (Å²) >= 11 is 12.5. The predicted molar refractivity (Wildman–Crippen MR) is 121 cm³/mol. The van der Waals surface area contributed by atoms with Crippen LogP contribution in [0.5, 0.6) is 0 Å². The van der Waals surface area contributed by atoms with E-state index in [2.05, 4.69) is 15.4 Å². The van der Waals surface area contributed by atoms with Crippen LogP contribution >= 0.6 is 23.2 Å². The van der Waals surface area contributed by atoms with E-state index in [0.29, 0.717) is 27.2 Å². The van der Waals surface area contributed by atoms with Crippen molar-refractivity contribution in [1.82, 2.24) is 14.8 Å². The molecule has 0 bridgehead atoms. The summed E-state index contributed by atoms with van der Waals surface area (Å²) < 4.78 is 1.63. The van der Waals surface area contributed by atoms with Gasteiger partial charge in [0.25, 0.3) is 5.91 Å². The Morgan fingerprint density at radius 2 is 1.73 bits per heavy atom. The Kier molecular flexibility index (Phi) is 5.57. The normalized spacial score (nSPS) is 10.8. The first kappa shape index (κ1) is 20.1. The molecule has 1 N–H and O–H groups in total. The van der Waals surface area contributed by atoms with Gasteiger partial charge in [0.05, 0.1) is 16.4 Å². The lowest BCUT2D eigenvalue weighted by Gasteiger charge is -2.08. The van der Waals surface area contributed by atoms with Gasteiger partial charge in [0.15, 0.2) is 5.82 Å². The molecule has 0 aliphatic heterocycles. The molecule has 3 aromatic carbocycles. The highest BCUT2D eigenvalue weighted by Gasteiger charge is 2.20. The highest BCUT2D eigenvalue weighted by Crippen LogP contribution is 2.26. The summed E-state index contributed by atoms with van der Waals surface area (Å²) in [5.74, 6) is 0.125. The third kappa shape index (κ3) is 4.08. The molecular weight excluding hydrogens is 419 g/mol. The average Bonchev–Trinajstić information content (AvgIpc) is 3.17. The Labute approximate surface area is 184 Å². The standard InChI is InChI=1S/C23H18Cl2N4O/c1-14-6-5-7-16(12-14)22-27-21(23(30)26-20-9-4-3-8-18(20)24)28-29(22)17-11-10-15(2)19(25)13-17/h3-13H,1-2H3,(H,26,30). The molecule has 0 radical (unpaired) electrons. The Hall–Kier alpha value is -3.15. The highest BCUT2D eigenvalue weighted by molar-refractivity contribution is 6.33. The SMILES string of the molecule is Cc1cccc(-c2nc(C(=O)Nc3ccccc3Cl)nn2-c2ccc(C)c(Cl)c2)c1. The Balaban J connectivity index is 1.80. The Morgan fingerprint density at radius 1 is 0.933 bits per heavy atom. The molecule has 0 atom stereocenters. The number of carbonyl (C=O) groups is 1. The molecule has 5 nitrogen and oxygen atoms in total. The Bertz CT molecular complexity index is 1250. The number of carbonyl (C=O) groups excluding carboxylic acids is 1. The summed E-state index contributed by atoms with van der Waals surface area (Å²) in [6.45, 7) is 3.93. The van der Waals surface area contributed by atoms with Gasteiger partial charge in [0.2, 0.25) is 5.82 Å². The number of benzene rings is 3. The molecule has 4 rings (SSSR count). The van der Waals surface area contributed by atoms with Crippen LogP contribution in [0.2, 0.25) is 10.0 Å². The van der Waals surface area contributed by atoms with Gasteiger partial charge in [-0.15, -0.1) is 5.10 Å². The summed E-state index contributed by atoms with van der Waals surface area (Å²) in [6.07, 6.45) is 0. The van der Waals surface area contributed by atoms with E-state index in [0.717, 1.165) is 16.7 Å². The number of nitrogens with zero attached hydrogens (tertiary/aromatic N) is 3. The second kappa shape index (κ2) is 8.30. The monoisotopic (exact) mass is 436 g/mol. The van der Waals surface area contributed by atoms with E-state index in [1.165, 1.54) is 0 Å². The van der Waals surface area contributed by atoms with Crippen molar-refractivity contribution in [3.05, 3.63) is 93.7 Å². The second-order valence-electron chi connectivity index (χ2n) is 6.91. The van der Waals surface area contributed by atoms with Gasteiger partial charge in [-0.1, -0.05) is 65.2 Å². The van der Waals surface area contributed by atoms with Gasteiger partial charge in [0, 0.05) is 10.6 Å². The van der Waals surface area contributed by atoms with Crippen molar-refractivity contribution >= 4 is 34.8 Å². The first-order chi connectivity index (χ1) is 14.4. The number of amides is 1. The number of hydrogen-bond acceptors (Lipinski definition) is 3. The molecule has 0 saturated heterocycles. The molecule has 0 aliphatic rings. The van der Waals surface area contributed by atoms with E-state index < -0.39 is 5.91 Å². The maximum atomic E-state index is 12.8. The number of rotatable bonds is 4. The van der Waals surface area contributed by atoms with E-state index >= 15 is 0 Å². The first-order valence-corrected chi connectivity index (χ1v) is 10.0. The fourth-order valence-electron chi connectivity index (χ4n) is 3.01. The van der Waals surface area contributed by atoms with Crippen LogP contribution in [0.1, 0.15) is 21.7 Å².